The highest BCUT2D eigenvalue weighted by Gasteiger charge is 2.31. The van der Waals surface area contributed by atoms with Gasteiger partial charge in [0.05, 0.1) is 5.75 Å². The molecule has 1 amide bonds. The molecule has 0 unspecified atom stereocenters. The van der Waals surface area contributed by atoms with Crippen LogP contribution in [0.15, 0.2) is 23.1 Å². The summed E-state index contributed by atoms with van der Waals surface area (Å²) in [7, 11) is 0. The van der Waals surface area contributed by atoms with Gasteiger partial charge in [-0.3, -0.25) is 4.79 Å². The summed E-state index contributed by atoms with van der Waals surface area (Å²) in [6.07, 6.45) is 2.33. The number of likely N-dealkylation sites (tertiary alicyclic amines) is 1. The summed E-state index contributed by atoms with van der Waals surface area (Å²) in [5.74, 6) is 2.44. The number of thioether (sulfide) groups is 1. The summed E-state index contributed by atoms with van der Waals surface area (Å²) >= 11 is 1.68. The van der Waals surface area contributed by atoms with Gasteiger partial charge in [-0.05, 0) is 63.2 Å². The molecular weight excluding hydrogens is 292 g/mol. The summed E-state index contributed by atoms with van der Waals surface area (Å²) < 4.78 is 0. The average molecular weight is 318 g/mol. The van der Waals surface area contributed by atoms with E-state index >= 15 is 0 Å². The number of rotatable bonds is 3. The van der Waals surface area contributed by atoms with Crippen LogP contribution in [-0.4, -0.2) is 42.7 Å². The van der Waals surface area contributed by atoms with Crippen molar-refractivity contribution in [1.82, 2.24) is 10.2 Å². The minimum absolute atomic E-state index is 0.304. The molecular formula is C18H26N2OS. The Labute approximate surface area is 137 Å². The molecule has 2 aliphatic heterocycles. The van der Waals surface area contributed by atoms with Crippen LogP contribution < -0.4 is 5.32 Å². The molecule has 4 heteroatoms. The predicted molar refractivity (Wildman–Crippen MR) is 92.3 cm³/mol. The third-order valence-electron chi connectivity index (χ3n) is 5.05. The number of fused-ring (bicyclic) bond motifs is 1. The van der Waals surface area contributed by atoms with E-state index in [1.54, 1.807) is 11.8 Å². The maximum absolute atomic E-state index is 12.5. The number of benzene rings is 1. The molecule has 22 heavy (non-hydrogen) atoms. The van der Waals surface area contributed by atoms with Gasteiger partial charge in [0.15, 0.2) is 0 Å². The Morgan fingerprint density at radius 2 is 1.91 bits per heavy atom. The van der Waals surface area contributed by atoms with E-state index in [4.69, 9.17) is 0 Å². The lowest BCUT2D eigenvalue weighted by Gasteiger charge is -2.21. The van der Waals surface area contributed by atoms with Crippen LogP contribution in [0.2, 0.25) is 0 Å². The van der Waals surface area contributed by atoms with E-state index in [2.05, 4.69) is 42.3 Å². The molecule has 3 nitrogen and oxygen atoms in total. The smallest absolute Gasteiger partial charge is 0.232 e. The lowest BCUT2D eigenvalue weighted by Crippen LogP contribution is -2.34. The van der Waals surface area contributed by atoms with Crippen molar-refractivity contribution in [2.24, 2.45) is 11.8 Å². The lowest BCUT2D eigenvalue weighted by molar-refractivity contribution is -0.128. The van der Waals surface area contributed by atoms with Gasteiger partial charge in [0.2, 0.25) is 5.91 Å². The van der Waals surface area contributed by atoms with Crippen LogP contribution in [0.5, 0.6) is 0 Å². The molecule has 0 aromatic heterocycles. The molecule has 0 bridgehead atoms. The largest absolute Gasteiger partial charge is 0.342 e. The van der Waals surface area contributed by atoms with E-state index in [9.17, 15) is 4.79 Å². The van der Waals surface area contributed by atoms with Crippen molar-refractivity contribution in [3.63, 3.8) is 0 Å². The molecule has 1 aromatic carbocycles. The first-order chi connectivity index (χ1) is 10.6. The fourth-order valence-corrected chi connectivity index (χ4v) is 4.57. The highest BCUT2D eigenvalue weighted by atomic mass is 32.2. The van der Waals surface area contributed by atoms with Crippen molar-refractivity contribution in [3.05, 3.63) is 29.3 Å². The molecule has 2 fully saturated rings. The van der Waals surface area contributed by atoms with Crippen LogP contribution in [0.4, 0.5) is 0 Å². The molecule has 1 N–H and O–H groups in total. The third-order valence-corrected chi connectivity index (χ3v) is 6.21. The number of nitrogens with one attached hydrogen (secondary N) is 1. The average Bonchev–Trinajstić information content (AvgIpc) is 2.85. The second-order valence-corrected chi connectivity index (χ2v) is 7.71. The van der Waals surface area contributed by atoms with E-state index in [1.807, 2.05) is 0 Å². The van der Waals surface area contributed by atoms with Gasteiger partial charge in [-0.15, -0.1) is 11.8 Å². The van der Waals surface area contributed by atoms with Crippen molar-refractivity contribution in [3.8, 4) is 0 Å². The van der Waals surface area contributed by atoms with Crippen LogP contribution in [-0.2, 0) is 4.79 Å². The van der Waals surface area contributed by atoms with Crippen LogP contribution in [0, 0.1) is 25.7 Å². The zero-order chi connectivity index (χ0) is 15.5. The second-order valence-electron chi connectivity index (χ2n) is 6.69. The van der Waals surface area contributed by atoms with Gasteiger partial charge in [-0.1, -0.05) is 17.7 Å². The molecule has 0 aliphatic carbocycles. The van der Waals surface area contributed by atoms with Crippen molar-refractivity contribution in [1.29, 1.82) is 0 Å². The van der Waals surface area contributed by atoms with Gasteiger partial charge in [0, 0.05) is 18.0 Å². The summed E-state index contributed by atoms with van der Waals surface area (Å²) in [5, 5.41) is 3.49. The Morgan fingerprint density at radius 1 is 1.23 bits per heavy atom. The molecule has 120 valence electrons. The van der Waals surface area contributed by atoms with E-state index < -0.39 is 0 Å². The van der Waals surface area contributed by atoms with E-state index in [0.717, 1.165) is 50.9 Å². The highest BCUT2D eigenvalue weighted by molar-refractivity contribution is 8.00. The molecule has 3 rings (SSSR count). The van der Waals surface area contributed by atoms with Gasteiger partial charge < -0.3 is 10.2 Å². The second kappa shape index (κ2) is 7.05. The number of carbonyl (C=O) groups is 1. The third kappa shape index (κ3) is 3.66. The van der Waals surface area contributed by atoms with Gasteiger partial charge in [-0.2, -0.15) is 0 Å². The summed E-state index contributed by atoms with van der Waals surface area (Å²) in [4.78, 5) is 15.8. The first-order valence-corrected chi connectivity index (χ1v) is 9.30. The first kappa shape index (κ1) is 15.9. The number of amides is 1. The normalized spacial score (nSPS) is 24.9. The van der Waals surface area contributed by atoms with E-state index in [1.165, 1.54) is 16.0 Å². The topological polar surface area (TPSA) is 32.3 Å². The zero-order valence-electron chi connectivity index (χ0n) is 13.6. The summed E-state index contributed by atoms with van der Waals surface area (Å²) in [6, 6.07) is 6.45. The van der Waals surface area contributed by atoms with Crippen LogP contribution in [0.25, 0.3) is 0 Å². The molecule has 1 aromatic rings. The molecule has 2 saturated heterocycles. The Kier molecular flexibility index (Phi) is 5.09. The van der Waals surface area contributed by atoms with E-state index in [-0.39, 0.29) is 0 Å². The van der Waals surface area contributed by atoms with Crippen molar-refractivity contribution in [2.75, 3.05) is 31.9 Å². The minimum Gasteiger partial charge on any atom is -0.342 e. The standard InChI is InChI=1S/C18H26N2OS/c1-13-3-4-17(14(2)9-13)22-12-18(21)20-7-5-15-10-19-11-16(15)6-8-20/h3-4,9,15-16,19H,5-8,10-12H2,1-2H3/t15-,16+. The minimum atomic E-state index is 0.304. The summed E-state index contributed by atoms with van der Waals surface area (Å²) in [5.41, 5.74) is 2.55. The quantitative estimate of drug-likeness (QED) is 0.870. The Bertz CT molecular complexity index is 532. The van der Waals surface area contributed by atoms with Crippen molar-refractivity contribution >= 4 is 17.7 Å². The predicted octanol–water partition coefficient (Wildman–Crippen LogP) is 2.85. The molecule has 2 atom stereocenters. The lowest BCUT2D eigenvalue weighted by atomic mass is 9.92. The SMILES string of the molecule is Cc1ccc(SCC(=O)N2CC[C@@H]3CNC[C@@H]3CC2)c(C)c1. The number of carbonyl (C=O) groups excluding carboxylic acids is 1. The Hall–Kier alpha value is -1.00. The fourth-order valence-electron chi connectivity index (χ4n) is 3.66. The molecule has 0 spiro atoms. The van der Waals surface area contributed by atoms with Crippen molar-refractivity contribution < 1.29 is 4.79 Å². The van der Waals surface area contributed by atoms with E-state index in [0.29, 0.717) is 11.7 Å². The van der Waals surface area contributed by atoms with Crippen LogP contribution in [0.1, 0.15) is 24.0 Å². The maximum Gasteiger partial charge on any atom is 0.232 e. The molecule has 2 aliphatic rings. The van der Waals surface area contributed by atoms with Gasteiger partial charge >= 0.3 is 0 Å². The number of hydrogen-bond acceptors (Lipinski definition) is 3. The zero-order valence-corrected chi connectivity index (χ0v) is 14.4. The first-order valence-electron chi connectivity index (χ1n) is 8.32. The number of hydrogen-bond donors (Lipinski definition) is 1. The van der Waals surface area contributed by atoms with Crippen LogP contribution >= 0.6 is 11.8 Å². The van der Waals surface area contributed by atoms with Gasteiger partial charge in [0.25, 0.3) is 0 Å². The molecule has 0 radical (unpaired) electrons. The van der Waals surface area contributed by atoms with Gasteiger partial charge in [-0.25, -0.2) is 0 Å². The van der Waals surface area contributed by atoms with Gasteiger partial charge in [0.1, 0.15) is 0 Å². The number of aryl methyl sites for hydroxylation is 2. The van der Waals surface area contributed by atoms with Crippen molar-refractivity contribution in [2.45, 2.75) is 31.6 Å². The molecule has 2 heterocycles. The summed E-state index contributed by atoms with van der Waals surface area (Å²) in [6.45, 7) is 8.40. The highest BCUT2D eigenvalue weighted by Crippen LogP contribution is 2.28. The number of nitrogens with zero attached hydrogens (tertiary/aromatic N) is 1. The molecule has 0 saturated carbocycles. The maximum atomic E-state index is 12.5. The monoisotopic (exact) mass is 318 g/mol. The Balaban J connectivity index is 1.53. The van der Waals surface area contributed by atoms with Crippen LogP contribution in [0.3, 0.4) is 0 Å². The fraction of sp³-hybridized carbons (Fsp3) is 0.611. The Morgan fingerprint density at radius 3 is 2.55 bits per heavy atom.